The van der Waals surface area contributed by atoms with Crippen molar-refractivity contribution in [3.8, 4) is 17.3 Å². The third-order valence-electron chi connectivity index (χ3n) is 4.68. The van der Waals surface area contributed by atoms with Gasteiger partial charge in [-0.3, -0.25) is 0 Å². The molecule has 31 heavy (non-hydrogen) atoms. The molecule has 0 aliphatic rings. The molecular formula is C20H15N11. The summed E-state index contributed by atoms with van der Waals surface area (Å²) >= 11 is 0. The fourth-order valence-corrected chi connectivity index (χ4v) is 3.15. The number of hydrogen-bond donors (Lipinski definition) is 1. The van der Waals surface area contributed by atoms with Crippen molar-refractivity contribution in [1.82, 2.24) is 39.6 Å². The van der Waals surface area contributed by atoms with E-state index >= 15 is 0 Å². The van der Waals surface area contributed by atoms with Crippen molar-refractivity contribution in [2.24, 2.45) is 10.2 Å². The average molecular weight is 409 g/mol. The number of aryl methyl sites for hydroxylation is 2. The maximum absolute atomic E-state index is 7.40. The third-order valence-corrected chi connectivity index (χ3v) is 4.68. The minimum Gasteiger partial charge on any atom is -0.319 e. The Hall–Kier alpha value is -4.72. The Morgan fingerprint density at radius 1 is 1.03 bits per heavy atom. The van der Waals surface area contributed by atoms with Gasteiger partial charge in [-0.2, -0.15) is 14.9 Å². The number of rotatable bonds is 4. The number of aromatic nitrogens is 8. The van der Waals surface area contributed by atoms with Crippen molar-refractivity contribution in [2.75, 3.05) is 0 Å². The maximum atomic E-state index is 7.40. The molecule has 0 saturated heterocycles. The van der Waals surface area contributed by atoms with Crippen LogP contribution in [0.3, 0.4) is 0 Å². The zero-order chi connectivity index (χ0) is 21.4. The van der Waals surface area contributed by atoms with Crippen molar-refractivity contribution in [3.63, 3.8) is 0 Å². The molecule has 0 spiro atoms. The number of hydrogen-bond acceptors (Lipinski definition) is 7. The Morgan fingerprint density at radius 3 is 2.61 bits per heavy atom. The fourth-order valence-electron chi connectivity index (χ4n) is 3.15. The average Bonchev–Trinajstić information content (AvgIpc) is 3.46. The van der Waals surface area contributed by atoms with Crippen LogP contribution in [0.2, 0.25) is 0 Å². The van der Waals surface area contributed by atoms with Gasteiger partial charge in [-0.1, -0.05) is 24.3 Å². The van der Waals surface area contributed by atoms with Crippen LogP contribution in [0.25, 0.3) is 27.8 Å². The van der Waals surface area contributed by atoms with Gasteiger partial charge in [0, 0.05) is 18.0 Å². The zero-order valence-corrected chi connectivity index (χ0v) is 16.6. The monoisotopic (exact) mass is 409 g/mol. The first-order valence-electron chi connectivity index (χ1n) is 9.32. The molecule has 0 unspecified atom stereocenters. The molecule has 4 aromatic heterocycles. The molecule has 150 valence electrons. The highest BCUT2D eigenvalue weighted by atomic mass is 15.5. The molecule has 1 aromatic carbocycles. The van der Waals surface area contributed by atoms with Crippen LogP contribution in [0, 0.1) is 20.4 Å². The van der Waals surface area contributed by atoms with E-state index in [1.165, 1.54) is 15.5 Å². The van der Waals surface area contributed by atoms with E-state index in [2.05, 4.69) is 45.3 Å². The van der Waals surface area contributed by atoms with Crippen molar-refractivity contribution < 1.29 is 0 Å². The fraction of sp³-hybridized carbons (Fsp3) is 0.100. The van der Waals surface area contributed by atoms with Gasteiger partial charge in [0.2, 0.25) is 0 Å². The number of fused-ring (bicyclic) bond motifs is 1. The predicted octanol–water partition coefficient (Wildman–Crippen LogP) is 4.28. The van der Waals surface area contributed by atoms with E-state index in [1.54, 1.807) is 18.5 Å². The molecule has 5 rings (SSSR count). The topological polar surface area (TPSA) is 119 Å². The number of aromatic amines is 1. The molecule has 11 heteroatoms. The molecule has 0 aliphatic carbocycles. The molecule has 0 aliphatic heterocycles. The highest BCUT2D eigenvalue weighted by Crippen LogP contribution is 2.33. The molecule has 0 radical (unpaired) electrons. The second kappa shape index (κ2) is 7.27. The summed E-state index contributed by atoms with van der Waals surface area (Å²) in [6.07, 6.45) is 4.59. The van der Waals surface area contributed by atoms with Crippen LogP contribution < -0.4 is 0 Å². The number of azo groups is 1. The summed E-state index contributed by atoms with van der Waals surface area (Å²) in [5, 5.41) is 21.8. The first-order valence-corrected chi connectivity index (χ1v) is 9.32. The molecule has 0 saturated carbocycles. The highest BCUT2D eigenvalue weighted by Gasteiger charge is 2.17. The van der Waals surface area contributed by atoms with E-state index in [-0.39, 0.29) is 11.5 Å². The minimum absolute atomic E-state index is 0.235. The summed E-state index contributed by atoms with van der Waals surface area (Å²) in [4.78, 5) is 15.1. The molecule has 11 nitrogen and oxygen atoms in total. The molecule has 5 aromatic rings. The molecular weight excluding hydrogens is 394 g/mol. The molecule has 1 N–H and O–H groups in total. The summed E-state index contributed by atoms with van der Waals surface area (Å²) < 4.78 is 2.87. The lowest BCUT2D eigenvalue weighted by atomic mass is 10.1. The van der Waals surface area contributed by atoms with E-state index in [9.17, 15) is 0 Å². The molecule has 0 fully saturated rings. The molecule has 0 amide bonds. The van der Waals surface area contributed by atoms with Gasteiger partial charge in [-0.15, -0.1) is 20.0 Å². The van der Waals surface area contributed by atoms with Gasteiger partial charge in [0.1, 0.15) is 0 Å². The second-order valence-electron chi connectivity index (χ2n) is 6.69. The van der Waals surface area contributed by atoms with Gasteiger partial charge in [0.15, 0.2) is 23.0 Å². The Bertz CT molecular complexity index is 1460. The summed E-state index contributed by atoms with van der Waals surface area (Å²) in [6.45, 7) is 11.2. The van der Waals surface area contributed by atoms with Crippen molar-refractivity contribution in [2.45, 2.75) is 13.8 Å². The van der Waals surface area contributed by atoms with Crippen LogP contribution in [0.15, 0.2) is 59.2 Å². The number of benzene rings is 1. The largest absolute Gasteiger partial charge is 0.319 e. The van der Waals surface area contributed by atoms with Gasteiger partial charge >= 0.3 is 0 Å². The predicted molar refractivity (Wildman–Crippen MR) is 112 cm³/mol. The highest BCUT2D eigenvalue weighted by molar-refractivity contribution is 5.71. The van der Waals surface area contributed by atoms with Gasteiger partial charge in [0.05, 0.1) is 18.5 Å². The molecule has 0 atom stereocenters. The smallest absolute Gasteiger partial charge is 0.252 e. The van der Waals surface area contributed by atoms with Gasteiger partial charge < -0.3 is 4.98 Å². The Labute approximate surface area is 175 Å². The zero-order valence-electron chi connectivity index (χ0n) is 16.6. The molecule has 0 bridgehead atoms. The second-order valence-corrected chi connectivity index (χ2v) is 6.69. The Balaban J connectivity index is 1.59. The summed E-state index contributed by atoms with van der Waals surface area (Å²) in [5.41, 5.74) is 4.07. The van der Waals surface area contributed by atoms with E-state index in [0.29, 0.717) is 28.8 Å². The SMILES string of the molecule is [C-]#[N+]c1cnn(-c2ncccn2)c1/N=N/c1c(C)nn2nc(-c3ccccc3C)[nH]c12. The van der Waals surface area contributed by atoms with Crippen LogP contribution in [0.5, 0.6) is 0 Å². The van der Waals surface area contributed by atoms with Crippen molar-refractivity contribution in [1.29, 1.82) is 0 Å². The Morgan fingerprint density at radius 2 is 1.84 bits per heavy atom. The number of nitrogens with one attached hydrogen (secondary N) is 1. The van der Waals surface area contributed by atoms with Gasteiger partial charge in [0.25, 0.3) is 11.6 Å². The van der Waals surface area contributed by atoms with Crippen LogP contribution in [-0.4, -0.2) is 39.6 Å². The van der Waals surface area contributed by atoms with Crippen molar-refractivity contribution >= 4 is 22.8 Å². The summed E-state index contributed by atoms with van der Waals surface area (Å²) in [5.74, 6) is 1.21. The van der Waals surface area contributed by atoms with Crippen LogP contribution in [0.1, 0.15) is 11.3 Å². The van der Waals surface area contributed by atoms with E-state index in [0.717, 1.165) is 11.1 Å². The first-order chi connectivity index (χ1) is 15.2. The van der Waals surface area contributed by atoms with E-state index in [1.807, 2.05) is 38.1 Å². The first kappa shape index (κ1) is 18.3. The van der Waals surface area contributed by atoms with E-state index < -0.39 is 0 Å². The van der Waals surface area contributed by atoms with Gasteiger partial charge in [-0.05, 0) is 25.5 Å². The van der Waals surface area contributed by atoms with Crippen LogP contribution in [-0.2, 0) is 0 Å². The lowest BCUT2D eigenvalue weighted by Crippen LogP contribution is -2.00. The normalized spacial score (nSPS) is 11.4. The van der Waals surface area contributed by atoms with Crippen molar-refractivity contribution in [3.05, 3.63) is 71.6 Å². The minimum atomic E-state index is 0.235. The lowest BCUT2D eigenvalue weighted by molar-refractivity contribution is 0.803. The standard InChI is InChI=1S/C20H15N11/c1-12-7-4-5-8-14(12)17-25-19-16(13(2)28-31(19)29-17)26-27-18-15(21-3)11-24-30(18)20-22-9-6-10-23-20/h4-11H,1-2H3,(H,25,29)/b27-26+. The summed E-state index contributed by atoms with van der Waals surface area (Å²) in [6, 6.07) is 9.64. The van der Waals surface area contributed by atoms with E-state index in [4.69, 9.17) is 6.57 Å². The molecule has 4 heterocycles. The quantitative estimate of drug-likeness (QED) is 0.351. The Kier molecular flexibility index (Phi) is 4.30. The number of nitrogens with zero attached hydrogens (tertiary/aromatic N) is 10. The lowest BCUT2D eigenvalue weighted by Gasteiger charge is -2.01. The summed E-state index contributed by atoms with van der Waals surface area (Å²) in [7, 11) is 0. The van der Waals surface area contributed by atoms with Crippen LogP contribution in [0.4, 0.5) is 17.2 Å². The number of H-pyrrole nitrogens is 1. The third kappa shape index (κ3) is 3.12. The van der Waals surface area contributed by atoms with Gasteiger partial charge in [-0.25, -0.2) is 14.8 Å². The van der Waals surface area contributed by atoms with Crippen LogP contribution >= 0.6 is 0 Å². The maximum Gasteiger partial charge on any atom is 0.252 e.